The Kier molecular flexibility index (Phi) is 8.00. The summed E-state index contributed by atoms with van der Waals surface area (Å²) in [7, 11) is 0. The molecule has 0 aromatic carbocycles. The fraction of sp³-hybridized carbons (Fsp3) is 0.889. The molecule has 0 atom stereocenters. The van der Waals surface area contributed by atoms with E-state index in [-0.39, 0.29) is 23.5 Å². The zero-order chi connectivity index (χ0) is 18.2. The summed E-state index contributed by atoms with van der Waals surface area (Å²) in [6.45, 7) is 16.5. The Morgan fingerprint density at radius 1 is 1.04 bits per heavy atom. The molecule has 0 spiro atoms. The summed E-state index contributed by atoms with van der Waals surface area (Å²) < 4.78 is 0. The number of guanidine groups is 1. The minimum Gasteiger partial charge on any atom is -0.357 e. The van der Waals surface area contributed by atoms with Gasteiger partial charge in [-0.1, -0.05) is 6.42 Å². The van der Waals surface area contributed by atoms with Crippen LogP contribution in [0.15, 0.2) is 4.99 Å². The van der Waals surface area contributed by atoms with Crippen molar-refractivity contribution in [1.82, 2.24) is 20.9 Å². The Morgan fingerprint density at radius 3 is 2.21 bits per heavy atom. The van der Waals surface area contributed by atoms with E-state index in [2.05, 4.69) is 39.7 Å². The normalized spacial score (nSPS) is 17.5. The van der Waals surface area contributed by atoms with Gasteiger partial charge in [0.15, 0.2) is 5.96 Å². The number of hydrogen-bond donors (Lipinski definition) is 3. The molecule has 0 saturated carbocycles. The number of carbonyl (C=O) groups excluding carboxylic acids is 1. The lowest BCUT2D eigenvalue weighted by Gasteiger charge is -2.41. The summed E-state index contributed by atoms with van der Waals surface area (Å²) in [6, 6.07) is 0. The van der Waals surface area contributed by atoms with Crippen molar-refractivity contribution in [3.8, 4) is 0 Å². The van der Waals surface area contributed by atoms with Crippen LogP contribution in [0.25, 0.3) is 0 Å². The Bertz CT molecular complexity index is 420. The Hall–Kier alpha value is -1.30. The lowest BCUT2D eigenvalue weighted by atomic mass is 9.98. The van der Waals surface area contributed by atoms with Gasteiger partial charge in [-0.15, -0.1) is 0 Å². The molecule has 0 aliphatic carbocycles. The summed E-state index contributed by atoms with van der Waals surface area (Å²) in [5.41, 5.74) is -0.154. The van der Waals surface area contributed by atoms with E-state index in [1.54, 1.807) is 0 Å². The number of aliphatic imine (C=N–C) groups is 1. The number of likely N-dealkylation sites (tertiary alicyclic amines) is 1. The van der Waals surface area contributed by atoms with E-state index < -0.39 is 0 Å². The van der Waals surface area contributed by atoms with Crippen LogP contribution in [-0.2, 0) is 4.79 Å². The molecule has 1 fully saturated rings. The van der Waals surface area contributed by atoms with E-state index in [9.17, 15) is 4.79 Å². The van der Waals surface area contributed by atoms with Gasteiger partial charge in [0.1, 0.15) is 6.54 Å². The highest BCUT2D eigenvalue weighted by molar-refractivity contribution is 5.85. The van der Waals surface area contributed by atoms with Crippen molar-refractivity contribution in [3.05, 3.63) is 0 Å². The van der Waals surface area contributed by atoms with E-state index in [0.29, 0.717) is 5.96 Å². The molecule has 6 nitrogen and oxygen atoms in total. The van der Waals surface area contributed by atoms with Gasteiger partial charge in [-0.25, -0.2) is 4.99 Å². The Balaban J connectivity index is 2.55. The lowest BCUT2D eigenvalue weighted by Crippen LogP contribution is -2.55. The molecule has 1 amide bonds. The third kappa shape index (κ3) is 7.99. The third-order valence-electron chi connectivity index (χ3n) is 4.14. The molecule has 3 N–H and O–H groups in total. The third-order valence-corrected chi connectivity index (χ3v) is 4.14. The minimum absolute atomic E-state index is 0.0602. The molecule has 0 radical (unpaired) electrons. The number of hydrogen-bond acceptors (Lipinski definition) is 3. The maximum absolute atomic E-state index is 11.9. The van der Waals surface area contributed by atoms with Crippen LogP contribution >= 0.6 is 0 Å². The maximum atomic E-state index is 11.9. The molecule has 0 bridgehead atoms. The fourth-order valence-corrected chi connectivity index (χ4v) is 2.86. The number of nitrogens with one attached hydrogen (secondary N) is 3. The fourth-order valence-electron chi connectivity index (χ4n) is 2.86. The summed E-state index contributed by atoms with van der Waals surface area (Å²) in [6.07, 6.45) is 3.90. The number of rotatable bonds is 6. The van der Waals surface area contributed by atoms with Gasteiger partial charge in [0.05, 0.1) is 0 Å². The Labute approximate surface area is 147 Å². The first-order chi connectivity index (χ1) is 11.1. The van der Waals surface area contributed by atoms with Crippen LogP contribution in [0.4, 0.5) is 0 Å². The molecule has 24 heavy (non-hydrogen) atoms. The summed E-state index contributed by atoms with van der Waals surface area (Å²) in [5, 5.41) is 9.54. The van der Waals surface area contributed by atoms with Crippen LogP contribution in [0.3, 0.4) is 0 Å². The first-order valence-corrected chi connectivity index (χ1v) is 9.22. The van der Waals surface area contributed by atoms with E-state index in [4.69, 9.17) is 0 Å². The maximum Gasteiger partial charge on any atom is 0.242 e. The average Bonchev–Trinajstić information content (AvgIpc) is 2.49. The summed E-state index contributed by atoms with van der Waals surface area (Å²) in [5.74, 6) is 0.640. The number of nitrogens with zero attached hydrogens (tertiary/aromatic N) is 2. The highest BCUT2D eigenvalue weighted by Gasteiger charge is 2.27. The van der Waals surface area contributed by atoms with Crippen molar-refractivity contribution in [2.24, 2.45) is 4.99 Å². The molecule has 1 aliphatic heterocycles. The summed E-state index contributed by atoms with van der Waals surface area (Å²) in [4.78, 5) is 18.9. The van der Waals surface area contributed by atoms with Crippen molar-refractivity contribution in [3.63, 3.8) is 0 Å². The van der Waals surface area contributed by atoms with Crippen molar-refractivity contribution in [1.29, 1.82) is 0 Å². The first-order valence-electron chi connectivity index (χ1n) is 9.22. The van der Waals surface area contributed by atoms with Gasteiger partial charge >= 0.3 is 0 Å². The molecule has 0 aromatic heterocycles. The number of amides is 1. The highest BCUT2D eigenvalue weighted by Crippen LogP contribution is 2.19. The van der Waals surface area contributed by atoms with Gasteiger partial charge in [-0.05, 0) is 67.5 Å². The van der Waals surface area contributed by atoms with Gasteiger partial charge in [-0.2, -0.15) is 0 Å². The Morgan fingerprint density at radius 2 is 1.67 bits per heavy atom. The van der Waals surface area contributed by atoms with Crippen molar-refractivity contribution in [2.45, 2.75) is 71.9 Å². The smallest absolute Gasteiger partial charge is 0.242 e. The standard InChI is InChI=1S/C18H37N5O/c1-7-19-16(20-13-15(24)22-17(2,3)4)21-14-18(5,6)23-11-9-8-10-12-23/h7-14H2,1-6H3,(H,22,24)(H2,19,20,21). The number of piperidine rings is 1. The SMILES string of the molecule is CCNC(=NCC(=O)NC(C)(C)C)NCC(C)(C)N1CCCCC1. The van der Waals surface area contributed by atoms with Crippen LogP contribution in [0, 0.1) is 0 Å². The quantitative estimate of drug-likeness (QED) is 0.509. The van der Waals surface area contributed by atoms with E-state index in [1.807, 2.05) is 27.7 Å². The lowest BCUT2D eigenvalue weighted by molar-refractivity contribution is -0.121. The molecule has 0 unspecified atom stereocenters. The van der Waals surface area contributed by atoms with Gasteiger partial charge in [0, 0.05) is 24.2 Å². The minimum atomic E-state index is -0.228. The second kappa shape index (κ2) is 9.25. The van der Waals surface area contributed by atoms with Crippen LogP contribution in [0.2, 0.25) is 0 Å². The molecular formula is C18H37N5O. The highest BCUT2D eigenvalue weighted by atomic mass is 16.2. The molecule has 140 valence electrons. The zero-order valence-corrected chi connectivity index (χ0v) is 16.5. The van der Waals surface area contributed by atoms with Crippen LogP contribution in [-0.4, -0.2) is 60.6 Å². The van der Waals surface area contributed by atoms with Crippen molar-refractivity contribution < 1.29 is 4.79 Å². The largest absolute Gasteiger partial charge is 0.357 e. The van der Waals surface area contributed by atoms with Gasteiger partial charge < -0.3 is 16.0 Å². The van der Waals surface area contributed by atoms with Gasteiger partial charge in [0.2, 0.25) is 5.91 Å². The molecular weight excluding hydrogens is 302 g/mol. The molecule has 1 rings (SSSR count). The first kappa shape index (κ1) is 20.7. The monoisotopic (exact) mass is 339 g/mol. The van der Waals surface area contributed by atoms with Crippen molar-refractivity contribution >= 4 is 11.9 Å². The average molecular weight is 340 g/mol. The topological polar surface area (TPSA) is 68.8 Å². The van der Waals surface area contributed by atoms with Crippen LogP contribution in [0.1, 0.15) is 60.8 Å². The van der Waals surface area contributed by atoms with Crippen LogP contribution < -0.4 is 16.0 Å². The van der Waals surface area contributed by atoms with Crippen molar-refractivity contribution in [2.75, 3.05) is 32.7 Å². The predicted octanol–water partition coefficient (Wildman–Crippen LogP) is 1.72. The molecule has 1 aliphatic rings. The molecule has 1 saturated heterocycles. The van der Waals surface area contributed by atoms with Gasteiger partial charge in [0.25, 0.3) is 0 Å². The van der Waals surface area contributed by atoms with E-state index in [0.717, 1.165) is 26.2 Å². The predicted molar refractivity (Wildman–Crippen MR) is 101 cm³/mol. The van der Waals surface area contributed by atoms with Crippen LogP contribution in [0.5, 0.6) is 0 Å². The van der Waals surface area contributed by atoms with E-state index >= 15 is 0 Å². The summed E-state index contributed by atoms with van der Waals surface area (Å²) >= 11 is 0. The number of carbonyl (C=O) groups is 1. The van der Waals surface area contributed by atoms with Gasteiger partial charge in [-0.3, -0.25) is 9.69 Å². The molecule has 1 heterocycles. The second-order valence-corrected chi connectivity index (χ2v) is 8.21. The zero-order valence-electron chi connectivity index (χ0n) is 16.5. The van der Waals surface area contributed by atoms with E-state index in [1.165, 1.54) is 19.3 Å². The molecule has 6 heteroatoms. The molecule has 0 aromatic rings. The second-order valence-electron chi connectivity index (χ2n) is 8.21.